The number of rotatable bonds is 3. The van der Waals surface area contributed by atoms with Gasteiger partial charge in [-0.2, -0.15) is 0 Å². The Morgan fingerprint density at radius 1 is 1.26 bits per heavy atom. The average Bonchev–Trinajstić information content (AvgIpc) is 3.11. The van der Waals surface area contributed by atoms with E-state index in [4.69, 9.17) is 16.0 Å². The molecule has 0 amide bonds. The van der Waals surface area contributed by atoms with E-state index >= 15 is 0 Å². The minimum Gasteiger partial charge on any atom is -0.461 e. The van der Waals surface area contributed by atoms with Gasteiger partial charge in [0.2, 0.25) is 0 Å². The van der Waals surface area contributed by atoms with Crippen molar-refractivity contribution in [2.24, 2.45) is 0 Å². The summed E-state index contributed by atoms with van der Waals surface area (Å²) in [5.74, 6) is 1.36. The van der Waals surface area contributed by atoms with Gasteiger partial charge in [0.05, 0.1) is 17.0 Å². The quantitative estimate of drug-likeness (QED) is 0.739. The Bertz CT molecular complexity index is 819. The molecule has 0 atom stereocenters. The second-order valence-corrected chi connectivity index (χ2v) is 5.98. The van der Waals surface area contributed by atoms with Gasteiger partial charge in [0.25, 0.3) is 0 Å². The van der Waals surface area contributed by atoms with Gasteiger partial charge < -0.3 is 4.42 Å². The van der Waals surface area contributed by atoms with E-state index in [0.29, 0.717) is 16.6 Å². The van der Waals surface area contributed by atoms with Gasteiger partial charge in [0, 0.05) is 50.2 Å². The summed E-state index contributed by atoms with van der Waals surface area (Å²) < 4.78 is 5.37. The molecule has 0 aromatic carbocycles. The Labute approximate surface area is 139 Å². The third kappa shape index (κ3) is 2.98. The summed E-state index contributed by atoms with van der Waals surface area (Å²) in [6.07, 6.45) is 7.90. The molecule has 4 rings (SSSR count). The first-order valence-corrected chi connectivity index (χ1v) is 7.87. The lowest BCUT2D eigenvalue weighted by molar-refractivity contribution is 0.243. The van der Waals surface area contributed by atoms with Gasteiger partial charge in [0.1, 0.15) is 0 Å². The van der Waals surface area contributed by atoms with Crippen LogP contribution in [0.3, 0.4) is 0 Å². The van der Waals surface area contributed by atoms with Gasteiger partial charge in [-0.25, -0.2) is 9.97 Å². The summed E-state index contributed by atoms with van der Waals surface area (Å²) in [4.78, 5) is 15.4. The average molecular weight is 327 g/mol. The van der Waals surface area contributed by atoms with E-state index in [-0.39, 0.29) is 0 Å². The zero-order valence-corrected chi connectivity index (χ0v) is 13.2. The molecule has 0 aliphatic carbocycles. The lowest BCUT2D eigenvalue weighted by Gasteiger charge is -2.28. The second-order valence-electron chi connectivity index (χ2n) is 5.57. The number of hydrogen-bond donors (Lipinski definition) is 0. The number of fused-ring (bicyclic) bond motifs is 1. The maximum Gasteiger partial charge on any atom is 0.195 e. The highest BCUT2D eigenvalue weighted by Gasteiger charge is 2.20. The largest absolute Gasteiger partial charge is 0.461 e. The molecule has 1 aliphatic rings. The first-order valence-electron chi connectivity index (χ1n) is 7.49. The molecule has 3 aromatic rings. The van der Waals surface area contributed by atoms with Crippen molar-refractivity contribution in [1.29, 1.82) is 0 Å². The second kappa shape index (κ2) is 6.10. The Morgan fingerprint density at radius 3 is 3.04 bits per heavy atom. The highest BCUT2D eigenvalue weighted by molar-refractivity contribution is 6.31. The predicted molar refractivity (Wildman–Crippen MR) is 86.8 cm³/mol. The van der Waals surface area contributed by atoms with E-state index in [1.807, 2.05) is 24.4 Å². The molecule has 5 nitrogen and oxygen atoms in total. The summed E-state index contributed by atoms with van der Waals surface area (Å²) in [5.41, 5.74) is 3.36. The third-order valence-corrected chi connectivity index (χ3v) is 4.35. The number of nitrogens with zero attached hydrogens (tertiary/aromatic N) is 4. The van der Waals surface area contributed by atoms with Crippen LogP contribution in [0.4, 0.5) is 0 Å². The van der Waals surface area contributed by atoms with Crippen LogP contribution in [0.25, 0.3) is 11.6 Å². The van der Waals surface area contributed by atoms with Gasteiger partial charge in [0.15, 0.2) is 11.6 Å². The molecule has 1 aliphatic heterocycles. The molecule has 0 unspecified atom stereocenters. The highest BCUT2D eigenvalue weighted by atomic mass is 35.5. The predicted octanol–water partition coefficient (Wildman–Crippen LogP) is 3.34. The fraction of sp³-hybridized carbons (Fsp3) is 0.235. The smallest absolute Gasteiger partial charge is 0.195 e. The molecule has 0 bridgehead atoms. The number of pyridine rings is 1. The highest BCUT2D eigenvalue weighted by Crippen LogP contribution is 2.23. The Morgan fingerprint density at radius 2 is 2.22 bits per heavy atom. The van der Waals surface area contributed by atoms with Crippen LogP contribution in [-0.2, 0) is 19.5 Å². The number of hydrogen-bond acceptors (Lipinski definition) is 5. The summed E-state index contributed by atoms with van der Waals surface area (Å²) in [6, 6.07) is 5.69. The molecule has 116 valence electrons. The molecular weight excluding hydrogens is 312 g/mol. The van der Waals surface area contributed by atoms with Crippen molar-refractivity contribution in [2.45, 2.75) is 19.5 Å². The maximum atomic E-state index is 6.20. The van der Waals surface area contributed by atoms with Crippen LogP contribution < -0.4 is 0 Å². The van der Waals surface area contributed by atoms with Crippen molar-refractivity contribution >= 4 is 11.6 Å². The molecule has 0 fully saturated rings. The third-order valence-electron chi connectivity index (χ3n) is 4.00. The molecule has 0 saturated carbocycles. The van der Waals surface area contributed by atoms with E-state index in [2.05, 4.69) is 19.9 Å². The first kappa shape index (κ1) is 14.4. The molecular formula is C17H15ClN4O. The Balaban J connectivity index is 1.53. The lowest BCUT2D eigenvalue weighted by atomic mass is 10.1. The lowest BCUT2D eigenvalue weighted by Crippen LogP contribution is -2.31. The number of furan rings is 1. The molecule has 0 spiro atoms. The Kier molecular flexibility index (Phi) is 3.81. The fourth-order valence-electron chi connectivity index (χ4n) is 2.81. The maximum absolute atomic E-state index is 6.20. The molecule has 0 radical (unpaired) electrons. The van der Waals surface area contributed by atoms with Gasteiger partial charge in [-0.3, -0.25) is 9.88 Å². The molecule has 23 heavy (non-hydrogen) atoms. The van der Waals surface area contributed by atoms with Crippen molar-refractivity contribution in [2.75, 3.05) is 6.54 Å². The summed E-state index contributed by atoms with van der Waals surface area (Å²) >= 11 is 6.20. The zero-order chi connectivity index (χ0) is 15.6. The topological polar surface area (TPSA) is 55.1 Å². The van der Waals surface area contributed by atoms with Crippen LogP contribution in [0, 0.1) is 0 Å². The minimum atomic E-state index is 0.652. The monoisotopic (exact) mass is 326 g/mol. The van der Waals surface area contributed by atoms with Crippen LogP contribution in [0.5, 0.6) is 0 Å². The standard InChI is InChI=1S/C17H15ClN4O/c18-14-9-19-5-3-12(14)10-22-6-4-15-13(11-22)8-20-17(21-15)16-2-1-7-23-16/h1-3,5,7-9H,4,6,10-11H2. The van der Waals surface area contributed by atoms with Crippen molar-refractivity contribution in [1.82, 2.24) is 19.9 Å². The van der Waals surface area contributed by atoms with Gasteiger partial charge in [-0.05, 0) is 23.8 Å². The van der Waals surface area contributed by atoms with E-state index in [0.717, 1.165) is 42.9 Å². The van der Waals surface area contributed by atoms with E-state index in [1.54, 1.807) is 18.7 Å². The SMILES string of the molecule is Clc1cnccc1CN1CCc2nc(-c3ccco3)ncc2C1. The van der Waals surface area contributed by atoms with Crippen molar-refractivity contribution < 1.29 is 4.42 Å². The molecule has 4 heterocycles. The molecule has 6 heteroatoms. The van der Waals surface area contributed by atoms with Gasteiger partial charge in [-0.15, -0.1) is 0 Å². The van der Waals surface area contributed by atoms with Crippen molar-refractivity contribution in [3.8, 4) is 11.6 Å². The zero-order valence-electron chi connectivity index (χ0n) is 12.4. The van der Waals surface area contributed by atoms with Crippen molar-refractivity contribution in [3.63, 3.8) is 0 Å². The Hall–Kier alpha value is -2.24. The van der Waals surface area contributed by atoms with E-state index in [9.17, 15) is 0 Å². The van der Waals surface area contributed by atoms with E-state index in [1.165, 1.54) is 0 Å². The molecule has 0 N–H and O–H groups in total. The number of aromatic nitrogens is 3. The van der Waals surface area contributed by atoms with E-state index < -0.39 is 0 Å². The molecule has 3 aromatic heterocycles. The van der Waals surface area contributed by atoms with Crippen LogP contribution in [-0.4, -0.2) is 26.4 Å². The van der Waals surface area contributed by atoms with Gasteiger partial charge in [-0.1, -0.05) is 11.6 Å². The van der Waals surface area contributed by atoms with Crippen molar-refractivity contribution in [3.05, 3.63) is 64.9 Å². The summed E-state index contributed by atoms with van der Waals surface area (Å²) in [5, 5.41) is 0.711. The van der Waals surface area contributed by atoms with Gasteiger partial charge >= 0.3 is 0 Å². The van der Waals surface area contributed by atoms with Crippen LogP contribution in [0.2, 0.25) is 5.02 Å². The summed E-state index contributed by atoms with van der Waals surface area (Å²) in [7, 11) is 0. The minimum absolute atomic E-state index is 0.652. The van der Waals surface area contributed by atoms with Crippen LogP contribution in [0.1, 0.15) is 16.8 Å². The van der Waals surface area contributed by atoms with Crippen LogP contribution in [0.15, 0.2) is 47.5 Å². The normalized spacial score (nSPS) is 14.7. The van der Waals surface area contributed by atoms with Crippen LogP contribution >= 0.6 is 11.6 Å². The summed E-state index contributed by atoms with van der Waals surface area (Å²) in [6.45, 7) is 2.58. The molecule has 0 saturated heterocycles. The first-order chi connectivity index (χ1) is 11.3. The number of halogens is 1. The fourth-order valence-corrected chi connectivity index (χ4v) is 2.99.